The summed E-state index contributed by atoms with van der Waals surface area (Å²) in [6.45, 7) is 2.75. The van der Waals surface area contributed by atoms with Gasteiger partial charge in [0.05, 0.1) is 10.7 Å². The number of hydrogen-bond acceptors (Lipinski definition) is 3. The van der Waals surface area contributed by atoms with E-state index in [1.54, 1.807) is 11.3 Å². The van der Waals surface area contributed by atoms with Crippen LogP contribution in [0.15, 0.2) is 29.6 Å². The van der Waals surface area contributed by atoms with Crippen molar-refractivity contribution in [2.45, 2.75) is 18.2 Å². The Balaban J connectivity index is 1.85. The Morgan fingerprint density at radius 1 is 1.37 bits per heavy atom. The Bertz CT molecular complexity index is 608. The number of rotatable bonds is 2. The third-order valence-corrected chi connectivity index (χ3v) is 4.56. The molecule has 0 radical (unpaired) electrons. The van der Waals surface area contributed by atoms with Crippen LogP contribution >= 0.6 is 27.3 Å². The zero-order valence-electron chi connectivity index (χ0n) is 10.5. The van der Waals surface area contributed by atoms with Gasteiger partial charge in [0.25, 0.3) is 0 Å². The van der Waals surface area contributed by atoms with Crippen molar-refractivity contribution < 1.29 is 4.79 Å². The number of aromatic nitrogens is 1. The van der Waals surface area contributed by atoms with E-state index in [2.05, 4.69) is 26.3 Å². The van der Waals surface area contributed by atoms with E-state index in [0.29, 0.717) is 6.42 Å². The van der Waals surface area contributed by atoms with Crippen LogP contribution in [0.2, 0.25) is 0 Å². The van der Waals surface area contributed by atoms with Crippen molar-refractivity contribution in [1.29, 1.82) is 0 Å². The number of amides is 1. The number of alkyl halides is 1. The molecule has 5 heteroatoms. The molecule has 1 saturated heterocycles. The molecule has 1 aromatic carbocycles. The fourth-order valence-corrected chi connectivity index (χ4v) is 3.41. The summed E-state index contributed by atoms with van der Waals surface area (Å²) in [6, 6.07) is 8.04. The van der Waals surface area contributed by atoms with Gasteiger partial charge >= 0.3 is 0 Å². The van der Waals surface area contributed by atoms with Gasteiger partial charge in [0.2, 0.25) is 5.91 Å². The molecular formula is C14H13BrN2OS. The van der Waals surface area contributed by atoms with Crippen LogP contribution in [0.5, 0.6) is 0 Å². The van der Waals surface area contributed by atoms with Crippen molar-refractivity contribution in [2.24, 2.45) is 0 Å². The van der Waals surface area contributed by atoms with Gasteiger partial charge in [-0.2, -0.15) is 0 Å². The summed E-state index contributed by atoms with van der Waals surface area (Å²) < 4.78 is 0. The van der Waals surface area contributed by atoms with Gasteiger partial charge in [0, 0.05) is 34.4 Å². The van der Waals surface area contributed by atoms with Crippen molar-refractivity contribution in [3.63, 3.8) is 0 Å². The van der Waals surface area contributed by atoms with Crippen LogP contribution in [-0.4, -0.2) is 22.3 Å². The Hall–Kier alpha value is -1.20. The number of carbonyl (C=O) groups is 1. The van der Waals surface area contributed by atoms with Gasteiger partial charge in [0.1, 0.15) is 0 Å². The van der Waals surface area contributed by atoms with Crippen molar-refractivity contribution >= 4 is 38.9 Å². The topological polar surface area (TPSA) is 33.2 Å². The first-order valence-corrected chi connectivity index (χ1v) is 7.90. The van der Waals surface area contributed by atoms with Crippen LogP contribution in [0.1, 0.15) is 11.4 Å². The third-order valence-electron chi connectivity index (χ3n) is 3.17. The van der Waals surface area contributed by atoms with Crippen LogP contribution in [0.3, 0.4) is 0 Å². The second kappa shape index (κ2) is 5.06. The number of anilines is 1. The van der Waals surface area contributed by atoms with Gasteiger partial charge in [-0.1, -0.05) is 28.1 Å². The molecule has 1 aliphatic rings. The highest BCUT2D eigenvalue weighted by atomic mass is 79.9. The van der Waals surface area contributed by atoms with Gasteiger partial charge in [-0.05, 0) is 19.1 Å². The molecule has 0 bridgehead atoms. The van der Waals surface area contributed by atoms with Gasteiger partial charge in [0.15, 0.2) is 0 Å². The van der Waals surface area contributed by atoms with Crippen LogP contribution in [0, 0.1) is 6.92 Å². The molecule has 0 N–H and O–H groups in total. The number of hydrogen-bond donors (Lipinski definition) is 0. The molecule has 98 valence electrons. The lowest BCUT2D eigenvalue weighted by Gasteiger charge is -2.16. The van der Waals surface area contributed by atoms with Crippen molar-refractivity contribution in [3.05, 3.63) is 34.7 Å². The van der Waals surface area contributed by atoms with E-state index in [-0.39, 0.29) is 10.7 Å². The standard InChI is InChI=1S/C14H13BrN2OS/c1-9-16-13(8-19-9)10-2-4-12(5-3-10)17-7-11(15)6-14(17)18/h2-5,8,11H,6-7H2,1H3. The third kappa shape index (κ3) is 2.58. The largest absolute Gasteiger partial charge is 0.311 e. The van der Waals surface area contributed by atoms with E-state index in [9.17, 15) is 4.79 Å². The molecule has 0 saturated carbocycles. The maximum absolute atomic E-state index is 11.8. The average Bonchev–Trinajstić information content (AvgIpc) is 2.96. The monoisotopic (exact) mass is 336 g/mol. The molecule has 1 amide bonds. The van der Waals surface area contributed by atoms with Gasteiger partial charge in [-0.15, -0.1) is 11.3 Å². The lowest BCUT2D eigenvalue weighted by atomic mass is 10.1. The SMILES string of the molecule is Cc1nc(-c2ccc(N3CC(Br)CC3=O)cc2)cs1. The summed E-state index contributed by atoms with van der Waals surface area (Å²) >= 11 is 5.15. The summed E-state index contributed by atoms with van der Waals surface area (Å²) in [5, 5.41) is 3.12. The number of aryl methyl sites for hydroxylation is 1. The number of carbonyl (C=O) groups excluding carboxylic acids is 1. The lowest BCUT2D eigenvalue weighted by Crippen LogP contribution is -2.24. The zero-order chi connectivity index (χ0) is 13.4. The van der Waals surface area contributed by atoms with Crippen molar-refractivity contribution in [2.75, 3.05) is 11.4 Å². The summed E-state index contributed by atoms with van der Waals surface area (Å²) in [7, 11) is 0. The molecular weight excluding hydrogens is 324 g/mol. The first kappa shape index (κ1) is 12.8. The molecule has 1 atom stereocenters. The quantitative estimate of drug-likeness (QED) is 0.784. The highest BCUT2D eigenvalue weighted by molar-refractivity contribution is 9.09. The maximum atomic E-state index is 11.8. The van der Waals surface area contributed by atoms with Crippen molar-refractivity contribution in [3.8, 4) is 11.3 Å². The molecule has 19 heavy (non-hydrogen) atoms. The summed E-state index contributed by atoms with van der Waals surface area (Å²) in [5.74, 6) is 0.180. The minimum absolute atomic E-state index is 0.180. The fourth-order valence-electron chi connectivity index (χ4n) is 2.22. The molecule has 1 unspecified atom stereocenters. The first-order valence-electron chi connectivity index (χ1n) is 6.10. The van der Waals surface area contributed by atoms with Gasteiger partial charge in [-0.3, -0.25) is 4.79 Å². The second-order valence-corrected chi connectivity index (χ2v) is 6.96. The first-order chi connectivity index (χ1) is 9.13. The van der Waals surface area contributed by atoms with E-state index in [0.717, 1.165) is 28.5 Å². The van der Waals surface area contributed by atoms with E-state index >= 15 is 0 Å². The van der Waals surface area contributed by atoms with Gasteiger partial charge in [-0.25, -0.2) is 4.98 Å². The Morgan fingerprint density at radius 3 is 2.63 bits per heavy atom. The molecule has 2 heterocycles. The van der Waals surface area contributed by atoms with Gasteiger partial charge < -0.3 is 4.90 Å². The van der Waals surface area contributed by atoms with E-state index in [1.165, 1.54) is 0 Å². The molecule has 0 spiro atoms. The Kier molecular flexibility index (Phi) is 3.41. The molecule has 0 aliphatic carbocycles. The minimum Gasteiger partial charge on any atom is -0.311 e. The molecule has 2 aromatic rings. The zero-order valence-corrected chi connectivity index (χ0v) is 12.9. The van der Waals surface area contributed by atoms with Crippen molar-refractivity contribution in [1.82, 2.24) is 4.98 Å². The highest BCUT2D eigenvalue weighted by Gasteiger charge is 2.28. The predicted molar refractivity (Wildman–Crippen MR) is 82.0 cm³/mol. The van der Waals surface area contributed by atoms with Crippen LogP contribution < -0.4 is 4.90 Å². The normalized spacial score (nSPS) is 19.2. The molecule has 3 rings (SSSR count). The number of nitrogens with zero attached hydrogens (tertiary/aromatic N) is 2. The van der Waals surface area contributed by atoms with E-state index < -0.39 is 0 Å². The van der Waals surface area contributed by atoms with Crippen LogP contribution in [0.25, 0.3) is 11.3 Å². The van der Waals surface area contributed by atoms with E-state index in [1.807, 2.05) is 36.1 Å². The second-order valence-electron chi connectivity index (χ2n) is 4.60. The molecule has 1 fully saturated rings. The molecule has 1 aromatic heterocycles. The highest BCUT2D eigenvalue weighted by Crippen LogP contribution is 2.28. The minimum atomic E-state index is 0.180. The Labute approximate surface area is 124 Å². The lowest BCUT2D eigenvalue weighted by molar-refractivity contribution is -0.117. The van der Waals surface area contributed by atoms with Crippen LogP contribution in [0.4, 0.5) is 5.69 Å². The predicted octanol–water partition coefficient (Wildman–Crippen LogP) is 3.62. The number of halogens is 1. The molecule has 3 nitrogen and oxygen atoms in total. The molecule has 1 aliphatic heterocycles. The summed E-state index contributed by atoms with van der Waals surface area (Å²) in [4.78, 5) is 18.4. The number of thiazole rings is 1. The van der Waals surface area contributed by atoms with E-state index in [4.69, 9.17) is 0 Å². The smallest absolute Gasteiger partial charge is 0.228 e. The maximum Gasteiger partial charge on any atom is 0.228 e. The summed E-state index contributed by atoms with van der Waals surface area (Å²) in [5.41, 5.74) is 3.05. The number of benzene rings is 1. The van der Waals surface area contributed by atoms with Crippen LogP contribution in [-0.2, 0) is 4.79 Å². The summed E-state index contributed by atoms with van der Waals surface area (Å²) in [6.07, 6.45) is 0.576. The average molecular weight is 337 g/mol. The Morgan fingerprint density at radius 2 is 2.11 bits per heavy atom. The fraction of sp³-hybridized carbons (Fsp3) is 0.286.